The van der Waals surface area contributed by atoms with Gasteiger partial charge in [-0.2, -0.15) is 0 Å². The minimum Gasteiger partial charge on any atom is -0.369 e. The molecule has 96 valence electrons. The average molecular weight is 284 g/mol. The molecule has 0 unspecified atom stereocenters. The molecule has 1 saturated carbocycles. The third kappa shape index (κ3) is 2.06. The normalized spacial score (nSPS) is 16.8. The maximum atomic E-state index is 6.07. The van der Waals surface area contributed by atoms with Gasteiger partial charge in [0.05, 0.1) is 21.1 Å². The molecule has 0 bridgehead atoms. The van der Waals surface area contributed by atoms with E-state index in [9.17, 15) is 0 Å². The molecule has 0 radical (unpaired) electrons. The first-order chi connectivity index (χ1) is 8.65. The topological polar surface area (TPSA) is 43.8 Å². The van der Waals surface area contributed by atoms with Crippen LogP contribution in [0.25, 0.3) is 11.0 Å². The molecule has 1 aliphatic carbocycles. The summed E-state index contributed by atoms with van der Waals surface area (Å²) >= 11 is 12.1. The fraction of sp³-hybridized carbons (Fsp3) is 0.462. The van der Waals surface area contributed by atoms with Crippen molar-refractivity contribution in [2.45, 2.75) is 32.2 Å². The molecule has 0 amide bonds. The van der Waals surface area contributed by atoms with E-state index in [0.29, 0.717) is 21.9 Å². The Kier molecular flexibility index (Phi) is 3.12. The number of hydrogen-bond acceptors (Lipinski definition) is 2. The number of nitrogens with zero attached hydrogens (tertiary/aromatic N) is 2. The average Bonchev–Trinajstić information content (AvgIpc) is 2.92. The molecule has 3 nitrogen and oxygen atoms in total. The van der Waals surface area contributed by atoms with E-state index >= 15 is 0 Å². The Hall–Kier alpha value is -0.930. The summed E-state index contributed by atoms with van der Waals surface area (Å²) in [7, 11) is 0. The summed E-state index contributed by atoms with van der Waals surface area (Å²) in [6.45, 7) is 0.931. The first-order valence-electron chi connectivity index (χ1n) is 6.26. The quantitative estimate of drug-likeness (QED) is 0.901. The molecule has 0 aliphatic heterocycles. The van der Waals surface area contributed by atoms with Gasteiger partial charge in [-0.05, 0) is 30.9 Å². The Morgan fingerprint density at radius 3 is 2.61 bits per heavy atom. The van der Waals surface area contributed by atoms with Crippen molar-refractivity contribution in [2.24, 2.45) is 5.92 Å². The van der Waals surface area contributed by atoms with Crippen molar-refractivity contribution in [1.29, 1.82) is 0 Å². The molecule has 0 saturated heterocycles. The number of benzene rings is 1. The van der Waals surface area contributed by atoms with E-state index in [2.05, 4.69) is 9.55 Å². The van der Waals surface area contributed by atoms with E-state index in [1.165, 1.54) is 25.7 Å². The Labute approximate surface area is 116 Å². The van der Waals surface area contributed by atoms with E-state index in [1.807, 2.05) is 6.07 Å². The van der Waals surface area contributed by atoms with Crippen LogP contribution in [0.1, 0.15) is 25.7 Å². The van der Waals surface area contributed by atoms with Crippen LogP contribution in [-0.2, 0) is 6.54 Å². The fourth-order valence-corrected chi connectivity index (χ4v) is 3.10. The van der Waals surface area contributed by atoms with Gasteiger partial charge in [-0.15, -0.1) is 0 Å². The van der Waals surface area contributed by atoms with Crippen molar-refractivity contribution >= 4 is 40.2 Å². The van der Waals surface area contributed by atoms with Crippen LogP contribution in [0.15, 0.2) is 12.1 Å². The van der Waals surface area contributed by atoms with Crippen LogP contribution >= 0.6 is 23.2 Å². The van der Waals surface area contributed by atoms with E-state index < -0.39 is 0 Å². The molecular weight excluding hydrogens is 269 g/mol. The largest absolute Gasteiger partial charge is 0.369 e. The van der Waals surface area contributed by atoms with Gasteiger partial charge in [0.25, 0.3) is 0 Å². The first kappa shape index (κ1) is 12.1. The summed E-state index contributed by atoms with van der Waals surface area (Å²) in [6.07, 6.45) is 5.20. The predicted octanol–water partition coefficient (Wildman–Crippen LogP) is 4.12. The monoisotopic (exact) mass is 283 g/mol. The van der Waals surface area contributed by atoms with Gasteiger partial charge >= 0.3 is 0 Å². The minimum absolute atomic E-state index is 0.523. The fourth-order valence-electron chi connectivity index (χ4n) is 2.78. The summed E-state index contributed by atoms with van der Waals surface area (Å²) < 4.78 is 2.06. The highest BCUT2D eigenvalue weighted by atomic mass is 35.5. The molecule has 0 spiro atoms. The molecule has 0 atom stereocenters. The van der Waals surface area contributed by atoms with Crippen LogP contribution in [0.2, 0.25) is 10.0 Å². The van der Waals surface area contributed by atoms with Crippen LogP contribution < -0.4 is 5.73 Å². The lowest BCUT2D eigenvalue weighted by Gasteiger charge is -2.12. The highest BCUT2D eigenvalue weighted by Gasteiger charge is 2.19. The molecule has 1 aromatic carbocycles. The number of halogens is 2. The number of nitrogen functional groups attached to an aromatic ring is 1. The lowest BCUT2D eigenvalue weighted by molar-refractivity contribution is 0.468. The van der Waals surface area contributed by atoms with E-state index in [-0.39, 0.29) is 0 Å². The van der Waals surface area contributed by atoms with Crippen molar-refractivity contribution < 1.29 is 0 Å². The SMILES string of the molecule is Nc1nc2cc(Cl)c(Cl)cc2n1CC1CCCC1. The molecule has 2 N–H and O–H groups in total. The molecule has 3 rings (SSSR count). The highest BCUT2D eigenvalue weighted by Crippen LogP contribution is 2.32. The first-order valence-corrected chi connectivity index (χ1v) is 7.01. The van der Waals surface area contributed by atoms with Crippen LogP contribution in [0.5, 0.6) is 0 Å². The number of imidazole rings is 1. The van der Waals surface area contributed by atoms with Gasteiger partial charge in [0.2, 0.25) is 5.95 Å². The highest BCUT2D eigenvalue weighted by molar-refractivity contribution is 6.42. The summed E-state index contributed by atoms with van der Waals surface area (Å²) in [5.41, 5.74) is 7.80. The van der Waals surface area contributed by atoms with Gasteiger partial charge in [0, 0.05) is 6.54 Å². The third-order valence-electron chi connectivity index (χ3n) is 3.74. The van der Waals surface area contributed by atoms with Crippen molar-refractivity contribution in [3.63, 3.8) is 0 Å². The van der Waals surface area contributed by atoms with Crippen molar-refractivity contribution in [2.75, 3.05) is 5.73 Å². The summed E-state index contributed by atoms with van der Waals surface area (Å²) in [5, 5.41) is 1.08. The number of nitrogens with two attached hydrogens (primary N) is 1. The molecule has 2 aromatic rings. The lowest BCUT2D eigenvalue weighted by Crippen LogP contribution is -2.10. The number of anilines is 1. The predicted molar refractivity (Wildman–Crippen MR) is 76.1 cm³/mol. The van der Waals surface area contributed by atoms with Crippen molar-refractivity contribution in [3.8, 4) is 0 Å². The third-order valence-corrected chi connectivity index (χ3v) is 4.46. The number of fused-ring (bicyclic) bond motifs is 1. The molecule has 5 heteroatoms. The second kappa shape index (κ2) is 4.63. The number of hydrogen-bond donors (Lipinski definition) is 1. The van der Waals surface area contributed by atoms with Gasteiger partial charge in [0.1, 0.15) is 0 Å². The number of aromatic nitrogens is 2. The Bertz CT molecular complexity index is 585. The standard InChI is InChI=1S/C13H15Cl2N3/c14-9-5-11-12(6-10(9)15)18(13(16)17-11)7-8-3-1-2-4-8/h5-6,8H,1-4,7H2,(H2,16,17). The molecule has 1 fully saturated rings. The summed E-state index contributed by atoms with van der Waals surface area (Å²) in [6, 6.07) is 3.64. The summed E-state index contributed by atoms with van der Waals surface area (Å²) in [4.78, 5) is 4.35. The van der Waals surface area contributed by atoms with Crippen LogP contribution in [0, 0.1) is 5.92 Å². The zero-order valence-corrected chi connectivity index (χ0v) is 11.5. The molecular formula is C13H15Cl2N3. The lowest BCUT2D eigenvalue weighted by atomic mass is 10.1. The van der Waals surface area contributed by atoms with Gasteiger partial charge in [0.15, 0.2) is 0 Å². The van der Waals surface area contributed by atoms with E-state index in [1.54, 1.807) is 6.07 Å². The van der Waals surface area contributed by atoms with Crippen LogP contribution in [0.4, 0.5) is 5.95 Å². The Morgan fingerprint density at radius 1 is 1.22 bits per heavy atom. The number of rotatable bonds is 2. The smallest absolute Gasteiger partial charge is 0.201 e. The van der Waals surface area contributed by atoms with Crippen LogP contribution in [-0.4, -0.2) is 9.55 Å². The van der Waals surface area contributed by atoms with Gasteiger partial charge in [-0.25, -0.2) is 4.98 Å². The molecule has 1 aliphatic rings. The molecule has 1 heterocycles. The zero-order valence-electron chi connectivity index (χ0n) is 10.00. The van der Waals surface area contributed by atoms with E-state index in [0.717, 1.165) is 17.6 Å². The van der Waals surface area contributed by atoms with Crippen molar-refractivity contribution in [1.82, 2.24) is 9.55 Å². The second-order valence-electron chi connectivity index (χ2n) is 4.99. The maximum absolute atomic E-state index is 6.07. The minimum atomic E-state index is 0.523. The van der Waals surface area contributed by atoms with E-state index in [4.69, 9.17) is 28.9 Å². The maximum Gasteiger partial charge on any atom is 0.201 e. The van der Waals surface area contributed by atoms with Crippen molar-refractivity contribution in [3.05, 3.63) is 22.2 Å². The zero-order chi connectivity index (χ0) is 12.7. The second-order valence-corrected chi connectivity index (χ2v) is 5.80. The van der Waals surface area contributed by atoms with Gasteiger partial charge in [-0.3, -0.25) is 0 Å². The summed E-state index contributed by atoms with van der Waals surface area (Å²) in [5.74, 6) is 1.26. The Morgan fingerprint density at radius 2 is 1.89 bits per heavy atom. The van der Waals surface area contributed by atoms with Crippen LogP contribution in [0.3, 0.4) is 0 Å². The molecule has 18 heavy (non-hydrogen) atoms. The van der Waals surface area contributed by atoms with Gasteiger partial charge in [-0.1, -0.05) is 36.0 Å². The Balaban J connectivity index is 2.04. The van der Waals surface area contributed by atoms with Gasteiger partial charge < -0.3 is 10.3 Å². The molecule has 1 aromatic heterocycles.